The number of phenolic OH excluding ortho intramolecular Hbond substituents is 1. The third-order valence-electron chi connectivity index (χ3n) is 3.62. The number of carbonyl (C=O) groups excluding carboxylic acids is 1. The van der Waals surface area contributed by atoms with Crippen molar-refractivity contribution in [2.45, 2.75) is 13.5 Å². The monoisotopic (exact) mass is 330 g/mol. The Hall–Kier alpha value is -2.30. The van der Waals surface area contributed by atoms with Gasteiger partial charge in [-0.1, -0.05) is 23.7 Å². The van der Waals surface area contributed by atoms with E-state index in [0.29, 0.717) is 28.5 Å². The summed E-state index contributed by atoms with van der Waals surface area (Å²) in [5.41, 5.74) is 2.47. The van der Waals surface area contributed by atoms with E-state index < -0.39 is 0 Å². The summed E-state index contributed by atoms with van der Waals surface area (Å²) in [6.07, 6.45) is 3.04. The molecule has 3 rings (SSSR count). The second kappa shape index (κ2) is 6.44. The standard InChI is InChI=1S/C18H15ClO4/c1-11-3-2-4-15(17(11)21)16(20)6-5-12-7-14(19)8-13-9-22-10-23-18(12)13/h2-8,21H,9-10H2,1H3. The van der Waals surface area contributed by atoms with Crippen LogP contribution in [0.15, 0.2) is 36.4 Å². The van der Waals surface area contributed by atoms with Crippen molar-refractivity contribution in [1.29, 1.82) is 0 Å². The highest BCUT2D eigenvalue weighted by Gasteiger charge is 2.16. The topological polar surface area (TPSA) is 55.8 Å². The Morgan fingerprint density at radius 2 is 2.17 bits per heavy atom. The summed E-state index contributed by atoms with van der Waals surface area (Å²) in [5, 5.41) is 10.5. The van der Waals surface area contributed by atoms with Crippen LogP contribution in [0.4, 0.5) is 0 Å². The third kappa shape index (κ3) is 3.23. The van der Waals surface area contributed by atoms with Crippen LogP contribution in [0.1, 0.15) is 27.0 Å². The molecule has 1 aliphatic heterocycles. The van der Waals surface area contributed by atoms with Crippen LogP contribution < -0.4 is 4.74 Å². The number of allylic oxidation sites excluding steroid dienone is 1. The Bertz CT molecular complexity index is 796. The maximum atomic E-state index is 12.3. The lowest BCUT2D eigenvalue weighted by Crippen LogP contribution is -2.12. The molecule has 0 amide bonds. The number of ketones is 1. The van der Waals surface area contributed by atoms with Crippen molar-refractivity contribution in [2.75, 3.05) is 6.79 Å². The molecule has 0 spiro atoms. The molecule has 0 unspecified atom stereocenters. The maximum Gasteiger partial charge on any atom is 0.189 e. The van der Waals surface area contributed by atoms with Crippen molar-refractivity contribution in [3.8, 4) is 11.5 Å². The highest BCUT2D eigenvalue weighted by molar-refractivity contribution is 6.30. The minimum Gasteiger partial charge on any atom is -0.507 e. The molecular weight excluding hydrogens is 316 g/mol. The van der Waals surface area contributed by atoms with Gasteiger partial charge in [0, 0.05) is 16.1 Å². The van der Waals surface area contributed by atoms with E-state index in [1.807, 2.05) is 0 Å². The van der Waals surface area contributed by atoms with Crippen molar-refractivity contribution in [3.05, 3.63) is 63.7 Å². The van der Waals surface area contributed by atoms with Crippen LogP contribution in [0.25, 0.3) is 6.08 Å². The first kappa shape index (κ1) is 15.6. The fraction of sp³-hybridized carbons (Fsp3) is 0.167. The van der Waals surface area contributed by atoms with Crippen molar-refractivity contribution >= 4 is 23.5 Å². The van der Waals surface area contributed by atoms with E-state index in [1.165, 1.54) is 6.08 Å². The lowest BCUT2D eigenvalue weighted by molar-refractivity contribution is -0.0165. The van der Waals surface area contributed by atoms with Gasteiger partial charge in [-0.05, 0) is 42.8 Å². The summed E-state index contributed by atoms with van der Waals surface area (Å²) < 4.78 is 10.7. The van der Waals surface area contributed by atoms with Gasteiger partial charge in [0.05, 0.1) is 12.2 Å². The number of benzene rings is 2. The summed E-state index contributed by atoms with van der Waals surface area (Å²) >= 11 is 6.09. The number of halogens is 1. The fourth-order valence-corrected chi connectivity index (χ4v) is 2.69. The molecule has 2 aromatic carbocycles. The SMILES string of the molecule is Cc1cccc(C(=O)C=Cc2cc(Cl)cc3c2OCOC3)c1O. The Balaban J connectivity index is 1.92. The zero-order chi connectivity index (χ0) is 16.4. The van der Waals surface area contributed by atoms with Gasteiger partial charge in [-0.25, -0.2) is 0 Å². The van der Waals surface area contributed by atoms with Crippen molar-refractivity contribution < 1.29 is 19.4 Å². The van der Waals surface area contributed by atoms with Gasteiger partial charge in [-0.3, -0.25) is 4.79 Å². The number of phenols is 1. The molecule has 5 heteroatoms. The summed E-state index contributed by atoms with van der Waals surface area (Å²) in [5.74, 6) is 0.380. The van der Waals surface area contributed by atoms with Gasteiger partial charge >= 0.3 is 0 Å². The molecule has 0 bridgehead atoms. The first-order valence-electron chi connectivity index (χ1n) is 7.10. The molecule has 0 aliphatic carbocycles. The average Bonchev–Trinajstić information content (AvgIpc) is 2.54. The van der Waals surface area contributed by atoms with E-state index in [-0.39, 0.29) is 23.9 Å². The van der Waals surface area contributed by atoms with Crippen LogP contribution in [0.2, 0.25) is 5.02 Å². The van der Waals surface area contributed by atoms with Crippen LogP contribution in [-0.4, -0.2) is 17.7 Å². The van der Waals surface area contributed by atoms with Crippen LogP contribution in [0.3, 0.4) is 0 Å². The summed E-state index contributed by atoms with van der Waals surface area (Å²) in [6, 6.07) is 8.58. The highest BCUT2D eigenvalue weighted by atomic mass is 35.5. The largest absolute Gasteiger partial charge is 0.507 e. The van der Waals surface area contributed by atoms with Gasteiger partial charge in [0.1, 0.15) is 11.5 Å². The first-order chi connectivity index (χ1) is 11.1. The van der Waals surface area contributed by atoms with E-state index >= 15 is 0 Å². The van der Waals surface area contributed by atoms with Crippen LogP contribution >= 0.6 is 11.6 Å². The van der Waals surface area contributed by atoms with Crippen LogP contribution in [-0.2, 0) is 11.3 Å². The number of ether oxygens (including phenoxy) is 2. The van der Waals surface area contributed by atoms with E-state index in [2.05, 4.69) is 0 Å². The normalized spacial score (nSPS) is 13.7. The number of para-hydroxylation sites is 1. The molecule has 1 heterocycles. The average molecular weight is 331 g/mol. The van der Waals surface area contributed by atoms with Gasteiger partial charge in [-0.15, -0.1) is 0 Å². The molecule has 1 N–H and O–H groups in total. The molecular formula is C18H15ClO4. The van der Waals surface area contributed by atoms with Gasteiger partial charge in [0.25, 0.3) is 0 Å². The van der Waals surface area contributed by atoms with Crippen molar-refractivity contribution in [1.82, 2.24) is 0 Å². The first-order valence-corrected chi connectivity index (χ1v) is 7.48. The maximum absolute atomic E-state index is 12.3. The predicted molar refractivity (Wildman–Crippen MR) is 87.9 cm³/mol. The molecule has 0 atom stereocenters. The molecule has 23 heavy (non-hydrogen) atoms. The molecule has 0 radical (unpaired) electrons. The molecule has 4 nitrogen and oxygen atoms in total. The molecule has 0 saturated carbocycles. The van der Waals surface area contributed by atoms with Crippen molar-refractivity contribution in [2.24, 2.45) is 0 Å². The van der Waals surface area contributed by atoms with E-state index in [1.54, 1.807) is 43.3 Å². The lowest BCUT2D eigenvalue weighted by atomic mass is 10.0. The Labute approximate surface area is 138 Å². The zero-order valence-corrected chi connectivity index (χ0v) is 13.3. The quantitative estimate of drug-likeness (QED) is 0.679. The Morgan fingerprint density at radius 1 is 1.35 bits per heavy atom. The van der Waals surface area contributed by atoms with Gasteiger partial charge in [0.2, 0.25) is 0 Å². The second-order valence-electron chi connectivity index (χ2n) is 5.26. The molecule has 1 aliphatic rings. The molecule has 0 aromatic heterocycles. The molecule has 118 valence electrons. The fourth-order valence-electron chi connectivity index (χ4n) is 2.45. The number of fused-ring (bicyclic) bond motifs is 1. The molecule has 2 aromatic rings. The smallest absolute Gasteiger partial charge is 0.189 e. The Kier molecular flexibility index (Phi) is 4.37. The molecule has 0 fully saturated rings. The second-order valence-corrected chi connectivity index (χ2v) is 5.70. The Morgan fingerprint density at radius 3 is 3.00 bits per heavy atom. The van der Waals surface area contributed by atoms with E-state index in [0.717, 1.165) is 5.56 Å². The summed E-state index contributed by atoms with van der Waals surface area (Å²) in [6.45, 7) is 2.34. The minimum atomic E-state index is -0.285. The minimum absolute atomic E-state index is 0.0000713. The number of aromatic hydroxyl groups is 1. The molecule has 0 saturated heterocycles. The summed E-state index contributed by atoms with van der Waals surface area (Å²) in [4.78, 5) is 12.3. The van der Waals surface area contributed by atoms with Gasteiger partial charge in [0.15, 0.2) is 12.6 Å². The van der Waals surface area contributed by atoms with E-state index in [9.17, 15) is 9.90 Å². The number of aryl methyl sites for hydroxylation is 1. The van der Waals surface area contributed by atoms with Gasteiger partial charge < -0.3 is 14.6 Å². The van der Waals surface area contributed by atoms with Crippen LogP contribution in [0.5, 0.6) is 11.5 Å². The number of hydrogen-bond acceptors (Lipinski definition) is 4. The third-order valence-corrected chi connectivity index (χ3v) is 3.84. The van der Waals surface area contributed by atoms with E-state index in [4.69, 9.17) is 21.1 Å². The highest BCUT2D eigenvalue weighted by Crippen LogP contribution is 2.32. The number of hydrogen-bond donors (Lipinski definition) is 1. The lowest BCUT2D eigenvalue weighted by Gasteiger charge is -2.19. The zero-order valence-electron chi connectivity index (χ0n) is 12.5. The predicted octanol–water partition coefficient (Wildman–Crippen LogP) is 4.12. The number of rotatable bonds is 3. The van der Waals surface area contributed by atoms with Crippen molar-refractivity contribution in [3.63, 3.8) is 0 Å². The van der Waals surface area contributed by atoms with Crippen LogP contribution in [0, 0.1) is 6.92 Å². The summed E-state index contributed by atoms with van der Waals surface area (Å²) in [7, 11) is 0. The number of carbonyl (C=O) groups is 1. The van der Waals surface area contributed by atoms with Gasteiger partial charge in [-0.2, -0.15) is 0 Å².